The molecule has 2 heterocycles. The van der Waals surface area contributed by atoms with E-state index in [2.05, 4.69) is 10.3 Å². The molecule has 7 heteroatoms. The Morgan fingerprint density at radius 2 is 2.17 bits per heavy atom. The molecular formula is C23H26N2O5. The third-order valence-electron chi connectivity index (χ3n) is 5.24. The van der Waals surface area contributed by atoms with Crippen LogP contribution in [0.1, 0.15) is 52.5 Å². The maximum atomic E-state index is 12.1. The monoisotopic (exact) mass is 410 g/mol. The molecule has 1 aliphatic heterocycles. The van der Waals surface area contributed by atoms with E-state index in [4.69, 9.17) is 9.47 Å². The number of aromatic hydroxyl groups is 1. The molecule has 0 bridgehead atoms. The molecule has 0 atom stereocenters. The van der Waals surface area contributed by atoms with Crippen molar-refractivity contribution in [2.24, 2.45) is 0 Å². The van der Waals surface area contributed by atoms with Crippen LogP contribution in [0.3, 0.4) is 0 Å². The standard InChI is InChI=1S/C23H26N2O5/c1-14(8-10-19(26)25-12-16-6-4-5-11-24-16)7-9-17-21(27)20-18(13-30-23(20)28)15(2)22(17)29-3/h4-7,11,27H,8-10,12-13H2,1-3H3,(H,25,26). The fraction of sp³-hybridized carbons (Fsp3) is 0.348. The lowest BCUT2D eigenvalue weighted by Gasteiger charge is -2.15. The SMILES string of the molecule is COc1c(C)c2c(c(O)c1CC=C(C)CCC(=O)NCc1ccccn1)C(=O)OC2. The highest BCUT2D eigenvalue weighted by molar-refractivity contribution is 5.98. The fourth-order valence-electron chi connectivity index (χ4n) is 3.50. The Labute approximate surface area is 175 Å². The average molecular weight is 410 g/mol. The van der Waals surface area contributed by atoms with Gasteiger partial charge in [0, 0.05) is 23.7 Å². The molecule has 3 rings (SSSR count). The second kappa shape index (κ2) is 9.43. The van der Waals surface area contributed by atoms with Crippen molar-refractivity contribution in [1.82, 2.24) is 10.3 Å². The molecule has 0 radical (unpaired) electrons. The van der Waals surface area contributed by atoms with Gasteiger partial charge in [0.25, 0.3) is 0 Å². The molecule has 0 fully saturated rings. The summed E-state index contributed by atoms with van der Waals surface area (Å²) in [5.74, 6) is -0.0986. The number of fused-ring (bicyclic) bond motifs is 1. The molecule has 0 unspecified atom stereocenters. The van der Waals surface area contributed by atoms with Gasteiger partial charge in [0.05, 0.1) is 19.3 Å². The van der Waals surface area contributed by atoms with Gasteiger partial charge in [-0.3, -0.25) is 9.78 Å². The Kier molecular flexibility index (Phi) is 6.72. The molecule has 1 amide bonds. The number of phenolic OH excluding ortho intramolecular Hbond substituents is 1. The van der Waals surface area contributed by atoms with Gasteiger partial charge in [-0.2, -0.15) is 0 Å². The van der Waals surface area contributed by atoms with E-state index in [0.717, 1.165) is 16.8 Å². The molecule has 158 valence electrons. The summed E-state index contributed by atoms with van der Waals surface area (Å²) >= 11 is 0. The lowest BCUT2D eigenvalue weighted by atomic mass is 9.94. The van der Waals surface area contributed by atoms with E-state index in [1.165, 1.54) is 7.11 Å². The van der Waals surface area contributed by atoms with Crippen LogP contribution in [0.15, 0.2) is 36.0 Å². The number of pyridine rings is 1. The fourth-order valence-corrected chi connectivity index (χ4v) is 3.50. The number of carbonyl (C=O) groups is 2. The summed E-state index contributed by atoms with van der Waals surface area (Å²) in [6.45, 7) is 4.33. The quantitative estimate of drug-likeness (QED) is 0.512. The molecule has 2 N–H and O–H groups in total. The predicted molar refractivity (Wildman–Crippen MR) is 111 cm³/mol. The number of methoxy groups -OCH3 is 1. The highest BCUT2D eigenvalue weighted by atomic mass is 16.5. The van der Waals surface area contributed by atoms with E-state index in [-0.39, 0.29) is 23.8 Å². The number of cyclic esters (lactones) is 1. The molecule has 2 aromatic rings. The summed E-state index contributed by atoms with van der Waals surface area (Å²) in [5.41, 5.74) is 4.06. The largest absolute Gasteiger partial charge is 0.507 e. The van der Waals surface area contributed by atoms with Crippen LogP contribution in [-0.2, 0) is 29.1 Å². The van der Waals surface area contributed by atoms with Crippen LogP contribution in [0, 0.1) is 6.92 Å². The number of allylic oxidation sites excluding steroid dienone is 2. The first-order valence-corrected chi connectivity index (χ1v) is 9.83. The summed E-state index contributed by atoms with van der Waals surface area (Å²) in [6, 6.07) is 5.57. The number of hydrogen-bond acceptors (Lipinski definition) is 6. The highest BCUT2D eigenvalue weighted by Crippen LogP contribution is 2.42. The lowest BCUT2D eigenvalue weighted by Crippen LogP contribution is -2.22. The zero-order chi connectivity index (χ0) is 21.7. The summed E-state index contributed by atoms with van der Waals surface area (Å²) in [5, 5.41) is 13.5. The lowest BCUT2D eigenvalue weighted by molar-refractivity contribution is -0.121. The predicted octanol–water partition coefficient (Wildman–Crippen LogP) is 3.36. The van der Waals surface area contributed by atoms with Crippen LogP contribution < -0.4 is 10.1 Å². The van der Waals surface area contributed by atoms with Gasteiger partial charge in [0.2, 0.25) is 5.91 Å². The van der Waals surface area contributed by atoms with Crippen molar-refractivity contribution in [3.63, 3.8) is 0 Å². The van der Waals surface area contributed by atoms with Crippen LogP contribution in [0.2, 0.25) is 0 Å². The second-order valence-corrected chi connectivity index (χ2v) is 7.27. The van der Waals surface area contributed by atoms with Crippen LogP contribution in [0.5, 0.6) is 11.5 Å². The zero-order valence-corrected chi connectivity index (χ0v) is 17.4. The molecule has 0 aliphatic carbocycles. The van der Waals surface area contributed by atoms with E-state index in [1.807, 2.05) is 38.1 Å². The molecule has 1 aliphatic rings. The van der Waals surface area contributed by atoms with Crippen LogP contribution in [0.25, 0.3) is 0 Å². The number of aromatic nitrogens is 1. The first kappa shape index (κ1) is 21.4. The number of rotatable bonds is 8. The van der Waals surface area contributed by atoms with Crippen molar-refractivity contribution in [3.8, 4) is 11.5 Å². The van der Waals surface area contributed by atoms with E-state index >= 15 is 0 Å². The Hall–Kier alpha value is -3.35. The van der Waals surface area contributed by atoms with Gasteiger partial charge in [-0.15, -0.1) is 0 Å². The number of benzene rings is 1. The maximum absolute atomic E-state index is 12.1. The molecular weight excluding hydrogens is 384 g/mol. The third-order valence-corrected chi connectivity index (χ3v) is 5.24. The van der Waals surface area contributed by atoms with Crippen LogP contribution in [0.4, 0.5) is 0 Å². The number of nitrogens with zero attached hydrogens (tertiary/aromatic N) is 1. The number of esters is 1. The van der Waals surface area contributed by atoms with Crippen molar-refractivity contribution < 1.29 is 24.2 Å². The summed E-state index contributed by atoms with van der Waals surface area (Å²) in [7, 11) is 1.54. The number of amides is 1. The van der Waals surface area contributed by atoms with Gasteiger partial charge in [0.1, 0.15) is 23.7 Å². The molecule has 0 saturated carbocycles. The van der Waals surface area contributed by atoms with Crippen LogP contribution in [-0.4, -0.2) is 29.1 Å². The number of phenols is 1. The topological polar surface area (TPSA) is 97.8 Å². The molecule has 0 saturated heterocycles. The van der Waals surface area contributed by atoms with Gasteiger partial charge >= 0.3 is 5.97 Å². The molecule has 1 aromatic carbocycles. The van der Waals surface area contributed by atoms with Gasteiger partial charge in [-0.1, -0.05) is 17.7 Å². The van der Waals surface area contributed by atoms with Crippen molar-refractivity contribution in [1.29, 1.82) is 0 Å². The van der Waals surface area contributed by atoms with Crippen LogP contribution >= 0.6 is 0 Å². The minimum atomic E-state index is -0.514. The molecule has 0 spiro atoms. The molecule has 7 nitrogen and oxygen atoms in total. The Bertz CT molecular complexity index is 983. The number of hydrogen-bond donors (Lipinski definition) is 2. The van der Waals surface area contributed by atoms with Crippen molar-refractivity contribution >= 4 is 11.9 Å². The van der Waals surface area contributed by atoms with E-state index < -0.39 is 5.97 Å². The van der Waals surface area contributed by atoms with E-state index in [9.17, 15) is 14.7 Å². The maximum Gasteiger partial charge on any atom is 0.342 e. The van der Waals surface area contributed by atoms with Gasteiger partial charge < -0.3 is 19.9 Å². The van der Waals surface area contributed by atoms with E-state index in [0.29, 0.717) is 42.7 Å². The average Bonchev–Trinajstić information content (AvgIpc) is 3.15. The summed E-state index contributed by atoms with van der Waals surface area (Å²) < 4.78 is 10.6. The van der Waals surface area contributed by atoms with Crippen molar-refractivity contribution in [2.45, 2.75) is 46.3 Å². The minimum Gasteiger partial charge on any atom is -0.507 e. The van der Waals surface area contributed by atoms with Crippen molar-refractivity contribution in [3.05, 3.63) is 64.0 Å². The first-order valence-electron chi connectivity index (χ1n) is 9.83. The number of carbonyl (C=O) groups excluding carboxylic acids is 2. The number of ether oxygens (including phenoxy) is 2. The van der Waals surface area contributed by atoms with Gasteiger partial charge in [-0.05, 0) is 44.4 Å². The van der Waals surface area contributed by atoms with E-state index in [1.54, 1.807) is 6.20 Å². The van der Waals surface area contributed by atoms with Gasteiger partial charge in [-0.25, -0.2) is 4.79 Å². The second-order valence-electron chi connectivity index (χ2n) is 7.27. The summed E-state index contributed by atoms with van der Waals surface area (Å²) in [6.07, 6.45) is 4.96. The zero-order valence-electron chi connectivity index (χ0n) is 17.4. The smallest absolute Gasteiger partial charge is 0.342 e. The van der Waals surface area contributed by atoms with Gasteiger partial charge in [0.15, 0.2) is 0 Å². The highest BCUT2D eigenvalue weighted by Gasteiger charge is 2.31. The normalized spacial score (nSPS) is 13.0. The molecule has 1 aromatic heterocycles. The Morgan fingerprint density at radius 1 is 1.37 bits per heavy atom. The molecule has 30 heavy (non-hydrogen) atoms. The minimum absolute atomic E-state index is 0.0510. The first-order chi connectivity index (χ1) is 14.4. The third kappa shape index (κ3) is 4.62. The number of nitrogens with one attached hydrogen (secondary N) is 1. The van der Waals surface area contributed by atoms with Crippen molar-refractivity contribution in [2.75, 3.05) is 7.11 Å². The Balaban J connectivity index is 1.63. The summed E-state index contributed by atoms with van der Waals surface area (Å²) in [4.78, 5) is 28.2. The Morgan fingerprint density at radius 3 is 2.87 bits per heavy atom.